The van der Waals surface area contributed by atoms with E-state index in [0.717, 1.165) is 5.56 Å². The van der Waals surface area contributed by atoms with E-state index >= 15 is 0 Å². The zero-order chi connectivity index (χ0) is 12.6. The minimum atomic E-state index is -0.326. The molecule has 0 saturated heterocycles. The van der Waals surface area contributed by atoms with Gasteiger partial charge in [0.15, 0.2) is 0 Å². The molecule has 2 aromatic carbocycles. The third-order valence-electron chi connectivity index (χ3n) is 2.48. The number of hydrogen-bond donors (Lipinski definition) is 0. The molecule has 0 saturated carbocycles. The summed E-state index contributed by atoms with van der Waals surface area (Å²) in [4.78, 5) is 0. The second-order valence-electron chi connectivity index (χ2n) is 3.70. The molecule has 88 valence electrons. The first-order valence-corrected chi connectivity index (χ1v) is 6.03. The molecular formula is C13H8Cl3F. The number of aryl methyl sites for hydroxylation is 1. The van der Waals surface area contributed by atoms with Gasteiger partial charge in [0.05, 0.1) is 10.0 Å². The van der Waals surface area contributed by atoms with E-state index in [9.17, 15) is 4.39 Å². The Hall–Kier alpha value is -0.760. The lowest BCUT2D eigenvalue weighted by atomic mass is 10.0. The highest BCUT2D eigenvalue weighted by Gasteiger charge is 2.12. The van der Waals surface area contributed by atoms with Crippen molar-refractivity contribution in [2.24, 2.45) is 0 Å². The van der Waals surface area contributed by atoms with Gasteiger partial charge in [0.25, 0.3) is 0 Å². The van der Waals surface area contributed by atoms with E-state index in [1.54, 1.807) is 18.2 Å². The average molecular weight is 290 g/mol. The van der Waals surface area contributed by atoms with Crippen LogP contribution in [0.4, 0.5) is 4.39 Å². The molecule has 0 unspecified atom stereocenters. The highest BCUT2D eigenvalue weighted by Crippen LogP contribution is 2.38. The van der Waals surface area contributed by atoms with E-state index in [1.165, 1.54) is 12.1 Å². The maximum Gasteiger partial charge on any atom is 0.123 e. The van der Waals surface area contributed by atoms with Crippen LogP contribution in [0.15, 0.2) is 30.3 Å². The van der Waals surface area contributed by atoms with Gasteiger partial charge < -0.3 is 0 Å². The zero-order valence-corrected chi connectivity index (χ0v) is 11.2. The van der Waals surface area contributed by atoms with Crippen LogP contribution in [0.25, 0.3) is 11.1 Å². The van der Waals surface area contributed by atoms with Crippen molar-refractivity contribution in [3.63, 3.8) is 0 Å². The van der Waals surface area contributed by atoms with Crippen LogP contribution in [0.3, 0.4) is 0 Å². The van der Waals surface area contributed by atoms with Crippen LogP contribution in [0.1, 0.15) is 5.56 Å². The quantitative estimate of drug-likeness (QED) is 0.626. The molecule has 0 radical (unpaired) electrons. The largest absolute Gasteiger partial charge is 0.207 e. The molecule has 0 heterocycles. The van der Waals surface area contributed by atoms with Crippen molar-refractivity contribution in [1.29, 1.82) is 0 Å². The predicted molar refractivity (Wildman–Crippen MR) is 71.6 cm³/mol. The molecular weight excluding hydrogens is 282 g/mol. The van der Waals surface area contributed by atoms with Crippen molar-refractivity contribution in [1.82, 2.24) is 0 Å². The van der Waals surface area contributed by atoms with Gasteiger partial charge in [0.1, 0.15) is 5.82 Å². The van der Waals surface area contributed by atoms with Gasteiger partial charge in [-0.2, -0.15) is 0 Å². The summed E-state index contributed by atoms with van der Waals surface area (Å²) in [7, 11) is 0. The number of benzene rings is 2. The van der Waals surface area contributed by atoms with E-state index in [-0.39, 0.29) is 5.82 Å². The van der Waals surface area contributed by atoms with Crippen molar-refractivity contribution in [2.75, 3.05) is 0 Å². The molecule has 0 nitrogen and oxygen atoms in total. The van der Waals surface area contributed by atoms with E-state index in [4.69, 9.17) is 34.8 Å². The Labute approximate surface area is 114 Å². The summed E-state index contributed by atoms with van der Waals surface area (Å²) < 4.78 is 13.3. The second kappa shape index (κ2) is 4.85. The Morgan fingerprint density at radius 2 is 1.53 bits per heavy atom. The van der Waals surface area contributed by atoms with Crippen LogP contribution in [-0.4, -0.2) is 0 Å². The third kappa shape index (κ3) is 2.57. The molecule has 0 aliphatic heterocycles. The minimum Gasteiger partial charge on any atom is -0.207 e. The summed E-state index contributed by atoms with van der Waals surface area (Å²) in [5.41, 5.74) is 2.18. The molecule has 0 aromatic heterocycles. The molecule has 4 heteroatoms. The summed E-state index contributed by atoms with van der Waals surface area (Å²) in [6.45, 7) is 1.87. The van der Waals surface area contributed by atoms with Crippen LogP contribution in [0.2, 0.25) is 15.1 Å². The molecule has 2 rings (SSSR count). The Kier molecular flexibility index (Phi) is 3.62. The van der Waals surface area contributed by atoms with Gasteiger partial charge in [0, 0.05) is 10.6 Å². The van der Waals surface area contributed by atoms with Crippen molar-refractivity contribution in [3.8, 4) is 11.1 Å². The fourth-order valence-corrected chi connectivity index (χ4v) is 2.68. The van der Waals surface area contributed by atoms with Gasteiger partial charge in [-0.25, -0.2) is 4.39 Å². The Balaban J connectivity index is 2.72. The monoisotopic (exact) mass is 288 g/mol. The van der Waals surface area contributed by atoms with Crippen molar-refractivity contribution >= 4 is 34.8 Å². The lowest BCUT2D eigenvalue weighted by molar-refractivity contribution is 0.628. The molecule has 0 spiro atoms. The Morgan fingerprint density at radius 1 is 0.941 bits per heavy atom. The smallest absolute Gasteiger partial charge is 0.123 e. The standard InChI is InChI=1S/C13H8Cl3F/c1-7-2-3-9(17)6-10(7)13-11(15)4-8(14)5-12(13)16/h2-6H,1H3. The normalized spacial score (nSPS) is 10.6. The number of rotatable bonds is 1. The molecule has 0 N–H and O–H groups in total. The highest BCUT2D eigenvalue weighted by atomic mass is 35.5. The van der Waals surface area contributed by atoms with Crippen LogP contribution in [-0.2, 0) is 0 Å². The lowest BCUT2D eigenvalue weighted by Gasteiger charge is -2.11. The van der Waals surface area contributed by atoms with Gasteiger partial charge in [-0.05, 0) is 42.3 Å². The summed E-state index contributed by atoms with van der Waals surface area (Å²) in [5.74, 6) is -0.326. The van der Waals surface area contributed by atoms with Gasteiger partial charge in [-0.15, -0.1) is 0 Å². The second-order valence-corrected chi connectivity index (χ2v) is 4.95. The topological polar surface area (TPSA) is 0 Å². The SMILES string of the molecule is Cc1ccc(F)cc1-c1c(Cl)cc(Cl)cc1Cl. The van der Waals surface area contributed by atoms with Crippen molar-refractivity contribution < 1.29 is 4.39 Å². The number of halogens is 4. The maximum atomic E-state index is 13.3. The number of hydrogen-bond acceptors (Lipinski definition) is 0. The van der Waals surface area contributed by atoms with Crippen LogP contribution >= 0.6 is 34.8 Å². The first-order chi connectivity index (χ1) is 7.99. The van der Waals surface area contributed by atoms with Crippen molar-refractivity contribution in [3.05, 3.63) is 56.8 Å². The van der Waals surface area contributed by atoms with Gasteiger partial charge in [-0.3, -0.25) is 0 Å². The molecule has 0 fully saturated rings. The molecule has 17 heavy (non-hydrogen) atoms. The van der Waals surface area contributed by atoms with E-state index in [0.29, 0.717) is 26.2 Å². The Bertz CT molecular complexity index is 556. The van der Waals surface area contributed by atoms with Crippen molar-refractivity contribution in [2.45, 2.75) is 6.92 Å². The molecule has 0 aliphatic rings. The van der Waals surface area contributed by atoms with Gasteiger partial charge >= 0.3 is 0 Å². The van der Waals surface area contributed by atoms with Crippen LogP contribution < -0.4 is 0 Å². The van der Waals surface area contributed by atoms with E-state index < -0.39 is 0 Å². The molecule has 0 aliphatic carbocycles. The van der Waals surface area contributed by atoms with Gasteiger partial charge in [-0.1, -0.05) is 40.9 Å². The zero-order valence-electron chi connectivity index (χ0n) is 8.90. The predicted octanol–water partition coefficient (Wildman–Crippen LogP) is 5.76. The molecule has 0 bridgehead atoms. The van der Waals surface area contributed by atoms with Crippen LogP contribution in [0, 0.1) is 12.7 Å². The van der Waals surface area contributed by atoms with E-state index in [1.807, 2.05) is 6.92 Å². The lowest BCUT2D eigenvalue weighted by Crippen LogP contribution is -1.88. The Morgan fingerprint density at radius 3 is 2.12 bits per heavy atom. The average Bonchev–Trinajstić information content (AvgIpc) is 2.21. The fraction of sp³-hybridized carbons (Fsp3) is 0.0769. The third-order valence-corrected chi connectivity index (χ3v) is 3.29. The maximum absolute atomic E-state index is 13.3. The molecule has 0 atom stereocenters. The summed E-state index contributed by atoms with van der Waals surface area (Å²) in [6, 6.07) is 7.68. The fourth-order valence-electron chi connectivity index (χ4n) is 1.66. The molecule has 2 aromatic rings. The summed E-state index contributed by atoms with van der Waals surface area (Å²) >= 11 is 18.0. The first kappa shape index (κ1) is 12.7. The minimum absolute atomic E-state index is 0.326. The summed E-state index contributed by atoms with van der Waals surface area (Å²) in [5, 5.41) is 1.28. The summed E-state index contributed by atoms with van der Waals surface area (Å²) in [6.07, 6.45) is 0. The van der Waals surface area contributed by atoms with Crippen LogP contribution in [0.5, 0.6) is 0 Å². The highest BCUT2D eigenvalue weighted by molar-refractivity contribution is 6.41. The molecule has 0 amide bonds. The first-order valence-electron chi connectivity index (χ1n) is 4.90. The van der Waals surface area contributed by atoms with E-state index in [2.05, 4.69) is 0 Å². The van der Waals surface area contributed by atoms with Gasteiger partial charge in [0.2, 0.25) is 0 Å².